The molecule has 2 heterocycles. The van der Waals surface area contributed by atoms with Gasteiger partial charge in [-0.3, -0.25) is 0 Å². The van der Waals surface area contributed by atoms with Crippen LogP contribution in [0.2, 0.25) is 0 Å². The van der Waals surface area contributed by atoms with Crippen molar-refractivity contribution in [1.82, 2.24) is 15.1 Å². The Labute approximate surface area is 112 Å². The molecule has 3 nitrogen and oxygen atoms in total. The van der Waals surface area contributed by atoms with Gasteiger partial charge >= 0.3 is 0 Å². The Kier molecular flexibility index (Phi) is 3.92. The van der Waals surface area contributed by atoms with Crippen LogP contribution in [0.5, 0.6) is 0 Å². The maximum absolute atomic E-state index is 3.50. The van der Waals surface area contributed by atoms with Crippen molar-refractivity contribution in [2.75, 3.05) is 52.4 Å². The van der Waals surface area contributed by atoms with Crippen molar-refractivity contribution in [3.05, 3.63) is 0 Å². The van der Waals surface area contributed by atoms with Crippen LogP contribution in [0.4, 0.5) is 0 Å². The third-order valence-corrected chi connectivity index (χ3v) is 5.04. The number of nitrogens with one attached hydrogen (secondary N) is 1. The number of nitrogens with zero attached hydrogens (tertiary/aromatic N) is 2. The van der Waals surface area contributed by atoms with Crippen molar-refractivity contribution in [2.24, 2.45) is 23.7 Å². The number of rotatable bonds is 4. The van der Waals surface area contributed by atoms with Gasteiger partial charge in [-0.2, -0.15) is 0 Å². The van der Waals surface area contributed by atoms with Crippen LogP contribution in [0.3, 0.4) is 0 Å². The van der Waals surface area contributed by atoms with Gasteiger partial charge in [-0.05, 0) is 56.3 Å². The van der Waals surface area contributed by atoms with E-state index in [1.165, 1.54) is 58.8 Å². The molecule has 0 amide bonds. The van der Waals surface area contributed by atoms with Crippen LogP contribution >= 0.6 is 0 Å². The molecule has 3 heteroatoms. The summed E-state index contributed by atoms with van der Waals surface area (Å²) in [4.78, 5) is 5.41. The molecule has 2 saturated heterocycles. The zero-order valence-corrected chi connectivity index (χ0v) is 12.1. The van der Waals surface area contributed by atoms with E-state index in [9.17, 15) is 0 Å². The summed E-state index contributed by atoms with van der Waals surface area (Å²) >= 11 is 0. The predicted molar refractivity (Wildman–Crippen MR) is 75.7 cm³/mol. The Balaban J connectivity index is 1.42. The first-order valence-electron chi connectivity index (χ1n) is 7.89. The zero-order valence-electron chi connectivity index (χ0n) is 12.1. The average molecular weight is 251 g/mol. The maximum atomic E-state index is 3.50. The fourth-order valence-electron chi connectivity index (χ4n) is 4.02. The molecule has 0 aromatic heterocycles. The first kappa shape index (κ1) is 12.9. The first-order valence-corrected chi connectivity index (χ1v) is 7.89. The molecule has 0 spiro atoms. The van der Waals surface area contributed by atoms with E-state index < -0.39 is 0 Å². The molecule has 1 aliphatic carbocycles. The van der Waals surface area contributed by atoms with E-state index in [0.717, 1.165) is 23.7 Å². The minimum Gasteiger partial charge on any atom is -0.316 e. The molecule has 104 valence electrons. The minimum atomic E-state index is 0.811. The van der Waals surface area contributed by atoms with E-state index in [4.69, 9.17) is 0 Å². The lowest BCUT2D eigenvalue weighted by molar-refractivity contribution is 0.230. The molecular weight excluding hydrogens is 222 g/mol. The molecule has 3 rings (SSSR count). The van der Waals surface area contributed by atoms with Crippen molar-refractivity contribution in [2.45, 2.75) is 20.3 Å². The van der Waals surface area contributed by atoms with E-state index >= 15 is 0 Å². The summed E-state index contributed by atoms with van der Waals surface area (Å²) in [5.41, 5.74) is 0. The summed E-state index contributed by atoms with van der Waals surface area (Å²) in [5.74, 6) is 3.90. The van der Waals surface area contributed by atoms with Gasteiger partial charge in [0.05, 0.1) is 0 Å². The largest absolute Gasteiger partial charge is 0.316 e. The van der Waals surface area contributed by atoms with Crippen LogP contribution in [0.15, 0.2) is 0 Å². The third-order valence-electron chi connectivity index (χ3n) is 5.04. The summed E-state index contributed by atoms with van der Waals surface area (Å²) in [6.07, 6.45) is 1.37. The Morgan fingerprint density at radius 3 is 2.39 bits per heavy atom. The second-order valence-corrected chi connectivity index (χ2v) is 7.00. The van der Waals surface area contributed by atoms with Crippen molar-refractivity contribution >= 4 is 0 Å². The molecule has 0 radical (unpaired) electrons. The van der Waals surface area contributed by atoms with Gasteiger partial charge in [0, 0.05) is 26.2 Å². The SMILES string of the molecule is CC(C)CN1CCCN(CC2[C@H]3CNC[C@@H]23)CC1. The van der Waals surface area contributed by atoms with Crippen LogP contribution in [-0.2, 0) is 0 Å². The van der Waals surface area contributed by atoms with Crippen LogP contribution < -0.4 is 5.32 Å². The molecule has 1 saturated carbocycles. The smallest absolute Gasteiger partial charge is 0.0109 e. The third kappa shape index (κ3) is 2.89. The minimum absolute atomic E-state index is 0.811. The molecule has 1 unspecified atom stereocenters. The van der Waals surface area contributed by atoms with E-state index in [-0.39, 0.29) is 0 Å². The molecule has 0 aromatic carbocycles. The Morgan fingerprint density at radius 1 is 1.00 bits per heavy atom. The number of hydrogen-bond donors (Lipinski definition) is 1. The van der Waals surface area contributed by atoms with Gasteiger partial charge in [-0.25, -0.2) is 0 Å². The van der Waals surface area contributed by atoms with Crippen LogP contribution in [0.1, 0.15) is 20.3 Å². The average Bonchev–Trinajstić information content (AvgIpc) is 2.81. The Bertz CT molecular complexity index is 269. The summed E-state index contributed by atoms with van der Waals surface area (Å²) in [6, 6.07) is 0. The van der Waals surface area contributed by atoms with Gasteiger partial charge in [0.1, 0.15) is 0 Å². The van der Waals surface area contributed by atoms with E-state index in [2.05, 4.69) is 29.0 Å². The van der Waals surface area contributed by atoms with Crippen molar-refractivity contribution in [3.63, 3.8) is 0 Å². The summed E-state index contributed by atoms with van der Waals surface area (Å²) in [6.45, 7) is 15.2. The van der Waals surface area contributed by atoms with Gasteiger partial charge in [-0.1, -0.05) is 13.8 Å². The molecular formula is C15H29N3. The fourth-order valence-corrected chi connectivity index (χ4v) is 4.02. The molecule has 3 aliphatic rings. The highest BCUT2D eigenvalue weighted by atomic mass is 15.2. The molecule has 18 heavy (non-hydrogen) atoms. The maximum Gasteiger partial charge on any atom is 0.0109 e. The van der Waals surface area contributed by atoms with Gasteiger partial charge in [0.25, 0.3) is 0 Å². The summed E-state index contributed by atoms with van der Waals surface area (Å²) in [7, 11) is 0. The molecule has 0 bridgehead atoms. The lowest BCUT2D eigenvalue weighted by Crippen LogP contribution is -2.34. The molecule has 0 aromatic rings. The first-order chi connectivity index (χ1) is 8.74. The highest BCUT2D eigenvalue weighted by molar-refractivity contribution is 5.04. The number of hydrogen-bond acceptors (Lipinski definition) is 3. The van der Waals surface area contributed by atoms with Gasteiger partial charge in [0.15, 0.2) is 0 Å². The van der Waals surface area contributed by atoms with Crippen LogP contribution in [0, 0.1) is 23.7 Å². The molecule has 2 aliphatic heterocycles. The second kappa shape index (κ2) is 5.48. The predicted octanol–water partition coefficient (Wildman–Crippen LogP) is 1.12. The lowest BCUT2D eigenvalue weighted by Gasteiger charge is -2.23. The quantitative estimate of drug-likeness (QED) is 0.808. The fraction of sp³-hybridized carbons (Fsp3) is 1.00. The topological polar surface area (TPSA) is 18.5 Å². The van der Waals surface area contributed by atoms with Crippen molar-refractivity contribution < 1.29 is 0 Å². The molecule has 1 N–H and O–H groups in total. The highest BCUT2D eigenvalue weighted by Gasteiger charge is 2.52. The highest BCUT2D eigenvalue weighted by Crippen LogP contribution is 2.48. The van der Waals surface area contributed by atoms with E-state index in [0.29, 0.717) is 0 Å². The number of piperidine rings is 1. The van der Waals surface area contributed by atoms with Gasteiger partial charge in [0.2, 0.25) is 0 Å². The lowest BCUT2D eigenvalue weighted by atomic mass is 10.2. The Hall–Kier alpha value is -0.120. The van der Waals surface area contributed by atoms with Gasteiger partial charge < -0.3 is 15.1 Å². The van der Waals surface area contributed by atoms with E-state index in [1.807, 2.05) is 0 Å². The molecule has 3 fully saturated rings. The zero-order chi connectivity index (χ0) is 12.5. The van der Waals surface area contributed by atoms with Crippen LogP contribution in [-0.4, -0.2) is 62.2 Å². The number of fused-ring (bicyclic) bond motifs is 1. The summed E-state index contributed by atoms with van der Waals surface area (Å²) < 4.78 is 0. The summed E-state index contributed by atoms with van der Waals surface area (Å²) in [5, 5.41) is 3.50. The van der Waals surface area contributed by atoms with Crippen molar-refractivity contribution in [3.8, 4) is 0 Å². The van der Waals surface area contributed by atoms with E-state index in [1.54, 1.807) is 0 Å². The van der Waals surface area contributed by atoms with Crippen LogP contribution in [0.25, 0.3) is 0 Å². The molecule has 3 atom stereocenters. The van der Waals surface area contributed by atoms with Crippen molar-refractivity contribution in [1.29, 1.82) is 0 Å². The van der Waals surface area contributed by atoms with Gasteiger partial charge in [-0.15, -0.1) is 0 Å². The second-order valence-electron chi connectivity index (χ2n) is 7.00. The Morgan fingerprint density at radius 2 is 1.67 bits per heavy atom. The standard InChI is InChI=1S/C15H29N3/c1-12(2)10-17-4-3-5-18(7-6-17)11-15-13-8-16-9-14(13)15/h12-16H,3-11H2,1-2H3/t13-,14+,15?. The monoisotopic (exact) mass is 251 g/mol. The normalized spacial score (nSPS) is 37.8.